The number of benzene rings is 2. The van der Waals surface area contributed by atoms with E-state index in [1.165, 1.54) is 13.2 Å². The number of hydrogen-bond donors (Lipinski definition) is 0. The molecule has 7 nitrogen and oxygen atoms in total. The number of carbonyl (C=O) groups excluding carboxylic acids is 2. The standard InChI is InChI=1S/C29H40O7Si/c1-5-34-37(35-6-2,36-7-3)23-11-9-8-10-22-33-27-19-17-26(18-20-27)29(31)25-15-12-24(13-16-25)14-21-28(30)32-4/h12-21H,5-11,22-23H2,1-4H3/b21-14+. The zero-order valence-electron chi connectivity index (χ0n) is 22.5. The van der Waals surface area contributed by atoms with Gasteiger partial charge < -0.3 is 22.8 Å². The number of esters is 1. The minimum atomic E-state index is -2.55. The predicted octanol–water partition coefficient (Wildman–Crippen LogP) is 6.09. The first-order valence-electron chi connectivity index (χ1n) is 13.0. The van der Waals surface area contributed by atoms with Crippen LogP contribution < -0.4 is 4.74 Å². The Kier molecular flexibility index (Phi) is 13.9. The van der Waals surface area contributed by atoms with Crippen LogP contribution in [0.25, 0.3) is 6.08 Å². The van der Waals surface area contributed by atoms with Gasteiger partial charge in [-0.2, -0.15) is 0 Å². The van der Waals surface area contributed by atoms with Crippen LogP contribution in [-0.2, 0) is 22.8 Å². The van der Waals surface area contributed by atoms with Gasteiger partial charge in [0.1, 0.15) is 5.75 Å². The summed E-state index contributed by atoms with van der Waals surface area (Å²) >= 11 is 0. The zero-order valence-corrected chi connectivity index (χ0v) is 23.5. The number of rotatable bonds is 18. The highest BCUT2D eigenvalue weighted by Crippen LogP contribution is 2.21. The largest absolute Gasteiger partial charge is 0.500 e. The number of carbonyl (C=O) groups is 2. The maximum absolute atomic E-state index is 12.8. The molecule has 0 aliphatic carbocycles. The molecule has 0 amide bonds. The smallest absolute Gasteiger partial charge is 0.494 e. The molecule has 2 aromatic rings. The van der Waals surface area contributed by atoms with Crippen LogP contribution in [0.3, 0.4) is 0 Å². The molecule has 0 atom stereocenters. The Morgan fingerprint density at radius 2 is 1.30 bits per heavy atom. The van der Waals surface area contributed by atoms with Crippen molar-refractivity contribution in [2.24, 2.45) is 0 Å². The molecule has 0 fully saturated rings. The molecule has 0 aliphatic heterocycles. The first-order valence-corrected chi connectivity index (χ1v) is 15.0. The predicted molar refractivity (Wildman–Crippen MR) is 147 cm³/mol. The van der Waals surface area contributed by atoms with Gasteiger partial charge in [-0.25, -0.2) is 4.79 Å². The lowest BCUT2D eigenvalue weighted by molar-refractivity contribution is -0.134. The summed E-state index contributed by atoms with van der Waals surface area (Å²) in [6, 6.07) is 15.1. The molecule has 2 aromatic carbocycles. The van der Waals surface area contributed by atoms with Crippen LogP contribution in [0.5, 0.6) is 5.75 Å². The van der Waals surface area contributed by atoms with Crippen LogP contribution >= 0.6 is 0 Å². The fraction of sp³-hybridized carbons (Fsp3) is 0.448. The Bertz CT molecular complexity index is 954. The van der Waals surface area contributed by atoms with Crippen molar-refractivity contribution in [2.75, 3.05) is 33.5 Å². The van der Waals surface area contributed by atoms with Gasteiger partial charge in [-0.1, -0.05) is 37.1 Å². The molecule has 0 heterocycles. The summed E-state index contributed by atoms with van der Waals surface area (Å²) in [4.78, 5) is 24.0. The van der Waals surface area contributed by atoms with E-state index in [-0.39, 0.29) is 5.78 Å². The van der Waals surface area contributed by atoms with E-state index in [0.717, 1.165) is 43.0 Å². The molecule has 0 spiro atoms. The third-order valence-corrected chi connectivity index (χ3v) is 8.79. The molecule has 37 heavy (non-hydrogen) atoms. The first kappa shape index (κ1) is 30.4. The Morgan fingerprint density at radius 1 is 0.757 bits per heavy atom. The van der Waals surface area contributed by atoms with Crippen molar-refractivity contribution in [1.29, 1.82) is 0 Å². The molecular formula is C29H40O7Si. The van der Waals surface area contributed by atoms with Gasteiger partial charge in [0, 0.05) is 43.1 Å². The molecule has 8 heteroatoms. The van der Waals surface area contributed by atoms with Crippen molar-refractivity contribution in [3.05, 3.63) is 71.3 Å². The lowest BCUT2D eigenvalue weighted by atomic mass is 10.0. The van der Waals surface area contributed by atoms with Gasteiger partial charge in [0.25, 0.3) is 0 Å². The quantitative estimate of drug-likeness (QED) is 0.0761. The number of ether oxygens (including phenoxy) is 2. The summed E-state index contributed by atoms with van der Waals surface area (Å²) in [7, 11) is -1.22. The average molecular weight is 529 g/mol. The molecule has 0 saturated carbocycles. The summed E-state index contributed by atoms with van der Waals surface area (Å²) in [5, 5.41) is 0. The summed E-state index contributed by atoms with van der Waals surface area (Å²) in [6.45, 7) is 8.37. The normalized spacial score (nSPS) is 11.6. The third-order valence-electron chi connectivity index (χ3n) is 5.64. The van der Waals surface area contributed by atoms with Gasteiger partial charge in [0.05, 0.1) is 13.7 Å². The molecule has 0 bridgehead atoms. The van der Waals surface area contributed by atoms with Gasteiger partial charge in [0.15, 0.2) is 5.78 Å². The maximum Gasteiger partial charge on any atom is 0.500 e. The molecule has 0 unspecified atom stereocenters. The molecule has 0 N–H and O–H groups in total. The van der Waals surface area contributed by atoms with Crippen molar-refractivity contribution in [1.82, 2.24) is 0 Å². The van der Waals surface area contributed by atoms with Crippen LogP contribution in [-0.4, -0.2) is 54.1 Å². The number of methoxy groups -OCH3 is 1. The summed E-state index contributed by atoms with van der Waals surface area (Å²) < 4.78 is 28.2. The van der Waals surface area contributed by atoms with E-state index in [1.54, 1.807) is 42.5 Å². The third kappa shape index (κ3) is 10.6. The fourth-order valence-corrected chi connectivity index (χ4v) is 6.52. The second-order valence-electron chi connectivity index (χ2n) is 8.33. The highest BCUT2D eigenvalue weighted by atomic mass is 28.4. The van der Waals surface area contributed by atoms with Crippen LogP contribution in [0.1, 0.15) is 67.9 Å². The van der Waals surface area contributed by atoms with Gasteiger partial charge in [-0.15, -0.1) is 0 Å². The van der Waals surface area contributed by atoms with Gasteiger partial charge in [-0.3, -0.25) is 4.79 Å². The topological polar surface area (TPSA) is 80.3 Å². The van der Waals surface area contributed by atoms with Gasteiger partial charge in [-0.05, 0) is 69.5 Å². The van der Waals surface area contributed by atoms with E-state index in [0.29, 0.717) is 37.6 Å². The first-order chi connectivity index (χ1) is 18.0. The number of unbranched alkanes of at least 4 members (excludes halogenated alkanes) is 3. The second-order valence-corrected chi connectivity index (χ2v) is 11.1. The highest BCUT2D eigenvalue weighted by Gasteiger charge is 2.39. The Balaban J connectivity index is 1.74. The van der Waals surface area contributed by atoms with E-state index in [9.17, 15) is 9.59 Å². The van der Waals surface area contributed by atoms with E-state index in [1.807, 2.05) is 32.9 Å². The highest BCUT2D eigenvalue weighted by molar-refractivity contribution is 6.60. The number of ketones is 1. The molecule has 0 saturated heterocycles. The summed E-state index contributed by atoms with van der Waals surface area (Å²) in [5.41, 5.74) is 1.98. The van der Waals surface area contributed by atoms with Crippen LogP contribution in [0.15, 0.2) is 54.6 Å². The Labute approximate surface area is 222 Å². The lowest BCUT2D eigenvalue weighted by Gasteiger charge is -2.28. The van der Waals surface area contributed by atoms with E-state index >= 15 is 0 Å². The molecule has 2 rings (SSSR count). The number of hydrogen-bond acceptors (Lipinski definition) is 7. The SMILES string of the molecule is CCO[Si](CCCCCCOc1ccc(C(=O)c2ccc(/C=C/C(=O)OC)cc2)cc1)(OCC)OCC. The van der Waals surface area contributed by atoms with Crippen LogP contribution in [0, 0.1) is 0 Å². The van der Waals surface area contributed by atoms with Gasteiger partial charge in [0.2, 0.25) is 0 Å². The van der Waals surface area contributed by atoms with Crippen molar-refractivity contribution in [2.45, 2.75) is 52.5 Å². The fourth-order valence-electron chi connectivity index (χ4n) is 3.84. The Hall–Kier alpha value is -2.78. The van der Waals surface area contributed by atoms with Crippen molar-refractivity contribution in [3.63, 3.8) is 0 Å². The minimum absolute atomic E-state index is 0.0687. The van der Waals surface area contributed by atoms with Crippen LogP contribution in [0.2, 0.25) is 6.04 Å². The molecule has 0 aliphatic rings. The van der Waals surface area contributed by atoms with E-state index in [2.05, 4.69) is 4.74 Å². The summed E-state index contributed by atoms with van der Waals surface area (Å²) in [6.07, 6.45) is 7.06. The molecular weight excluding hydrogens is 488 g/mol. The molecule has 202 valence electrons. The zero-order chi connectivity index (χ0) is 26.9. The molecule has 0 aromatic heterocycles. The van der Waals surface area contributed by atoms with E-state index in [4.69, 9.17) is 18.0 Å². The maximum atomic E-state index is 12.8. The lowest BCUT2D eigenvalue weighted by Crippen LogP contribution is -2.45. The van der Waals surface area contributed by atoms with Crippen molar-refractivity contribution in [3.8, 4) is 5.75 Å². The van der Waals surface area contributed by atoms with Gasteiger partial charge >= 0.3 is 14.8 Å². The molecule has 0 radical (unpaired) electrons. The summed E-state index contributed by atoms with van der Waals surface area (Å²) in [5.74, 6) is 0.253. The second kappa shape index (κ2) is 16.9. The van der Waals surface area contributed by atoms with Crippen LogP contribution in [0.4, 0.5) is 0 Å². The average Bonchev–Trinajstić information content (AvgIpc) is 2.92. The van der Waals surface area contributed by atoms with Crippen molar-refractivity contribution >= 4 is 26.6 Å². The van der Waals surface area contributed by atoms with Crippen molar-refractivity contribution < 1.29 is 32.3 Å². The minimum Gasteiger partial charge on any atom is -0.494 e. The monoisotopic (exact) mass is 528 g/mol. The Morgan fingerprint density at radius 3 is 1.84 bits per heavy atom. The van der Waals surface area contributed by atoms with E-state index < -0.39 is 14.8 Å².